The zero-order valence-corrected chi connectivity index (χ0v) is 15.0. The van der Waals surface area contributed by atoms with Crippen molar-refractivity contribution in [1.82, 2.24) is 0 Å². The standard InChI is InChI=1S/C8H21O12P3/c1-2-3-4-16-5-6-17-7-8-18-22(12,13)20-23(14,15)19-21(9,10)11/h2-8H2,1H3,(H,12,13)(H,14,15)(H2,9,10,11). The minimum Gasteiger partial charge on any atom is -0.379 e. The molecule has 2 atom stereocenters. The van der Waals surface area contributed by atoms with Crippen LogP contribution in [0.5, 0.6) is 0 Å². The van der Waals surface area contributed by atoms with Gasteiger partial charge < -0.3 is 29.0 Å². The Labute approximate surface area is 133 Å². The van der Waals surface area contributed by atoms with Crippen molar-refractivity contribution in [3.63, 3.8) is 0 Å². The van der Waals surface area contributed by atoms with Gasteiger partial charge in [-0.05, 0) is 6.42 Å². The summed E-state index contributed by atoms with van der Waals surface area (Å²) in [6.45, 7) is 2.54. The zero-order chi connectivity index (χ0) is 18.0. The van der Waals surface area contributed by atoms with Crippen LogP contribution in [0.25, 0.3) is 0 Å². The summed E-state index contributed by atoms with van der Waals surface area (Å²) in [6.07, 6.45) is 1.92. The fourth-order valence-corrected chi connectivity index (χ4v) is 4.08. The Morgan fingerprint density at radius 2 is 1.26 bits per heavy atom. The van der Waals surface area contributed by atoms with Gasteiger partial charge in [0.1, 0.15) is 0 Å². The third kappa shape index (κ3) is 15.6. The van der Waals surface area contributed by atoms with E-state index >= 15 is 0 Å². The van der Waals surface area contributed by atoms with Crippen LogP contribution in [0.4, 0.5) is 0 Å². The second-order valence-electron chi connectivity index (χ2n) is 4.00. The van der Waals surface area contributed by atoms with E-state index in [4.69, 9.17) is 29.0 Å². The van der Waals surface area contributed by atoms with E-state index in [0.717, 1.165) is 12.8 Å². The molecular weight excluding hydrogens is 381 g/mol. The van der Waals surface area contributed by atoms with Crippen LogP contribution in [0.2, 0.25) is 0 Å². The summed E-state index contributed by atoms with van der Waals surface area (Å²) in [4.78, 5) is 34.7. The summed E-state index contributed by atoms with van der Waals surface area (Å²) in [5.41, 5.74) is 0. The van der Waals surface area contributed by atoms with Gasteiger partial charge in [-0.15, -0.1) is 0 Å². The molecular formula is C8H21O12P3. The van der Waals surface area contributed by atoms with Gasteiger partial charge >= 0.3 is 23.5 Å². The molecule has 15 heteroatoms. The van der Waals surface area contributed by atoms with Crippen molar-refractivity contribution in [2.45, 2.75) is 19.8 Å². The molecule has 4 N–H and O–H groups in total. The average Bonchev–Trinajstić information content (AvgIpc) is 2.32. The minimum absolute atomic E-state index is 0.139. The van der Waals surface area contributed by atoms with Crippen LogP contribution >= 0.6 is 23.5 Å². The van der Waals surface area contributed by atoms with Crippen molar-refractivity contribution in [3.8, 4) is 0 Å². The molecule has 0 aliphatic heterocycles. The molecule has 0 bridgehead atoms. The number of phosphoric acid groups is 3. The lowest BCUT2D eigenvalue weighted by Gasteiger charge is -2.16. The highest BCUT2D eigenvalue weighted by Crippen LogP contribution is 2.66. The number of phosphoric ester groups is 1. The molecule has 12 nitrogen and oxygen atoms in total. The van der Waals surface area contributed by atoms with E-state index in [1.807, 2.05) is 6.92 Å². The van der Waals surface area contributed by atoms with Gasteiger partial charge in [0.2, 0.25) is 0 Å². The van der Waals surface area contributed by atoms with Crippen LogP contribution in [0, 0.1) is 0 Å². The van der Waals surface area contributed by atoms with E-state index in [-0.39, 0.29) is 13.2 Å². The molecule has 0 aromatic heterocycles. The highest BCUT2D eigenvalue weighted by molar-refractivity contribution is 7.66. The molecule has 0 radical (unpaired) electrons. The number of ether oxygens (including phenoxy) is 2. The first kappa shape index (κ1) is 23.3. The van der Waals surface area contributed by atoms with Crippen LogP contribution in [-0.2, 0) is 36.3 Å². The first-order valence-corrected chi connectivity index (χ1v) is 10.9. The molecule has 140 valence electrons. The summed E-state index contributed by atoms with van der Waals surface area (Å²) in [6, 6.07) is 0. The summed E-state index contributed by atoms with van der Waals surface area (Å²) in [5, 5.41) is 0. The van der Waals surface area contributed by atoms with Gasteiger partial charge in [-0.1, -0.05) is 13.3 Å². The molecule has 0 aromatic carbocycles. The Bertz CT molecular complexity index is 461. The topological polar surface area (TPSA) is 178 Å². The molecule has 0 aliphatic rings. The van der Waals surface area contributed by atoms with Crippen LogP contribution in [0.3, 0.4) is 0 Å². The average molecular weight is 402 g/mol. The Balaban J connectivity index is 3.90. The van der Waals surface area contributed by atoms with Crippen LogP contribution < -0.4 is 0 Å². The van der Waals surface area contributed by atoms with Crippen molar-refractivity contribution in [3.05, 3.63) is 0 Å². The van der Waals surface area contributed by atoms with Crippen LogP contribution in [-0.4, -0.2) is 52.6 Å². The minimum atomic E-state index is -5.47. The Hall–Kier alpha value is 0.330. The van der Waals surface area contributed by atoms with E-state index in [2.05, 4.69) is 13.1 Å². The molecule has 0 aliphatic carbocycles. The van der Waals surface area contributed by atoms with Gasteiger partial charge in [0, 0.05) is 6.61 Å². The van der Waals surface area contributed by atoms with E-state index < -0.39 is 30.1 Å². The van der Waals surface area contributed by atoms with E-state index in [1.165, 1.54) is 0 Å². The smallest absolute Gasteiger partial charge is 0.379 e. The van der Waals surface area contributed by atoms with E-state index in [9.17, 15) is 13.7 Å². The predicted molar refractivity (Wildman–Crippen MR) is 76.4 cm³/mol. The summed E-state index contributed by atoms with van der Waals surface area (Å²) in [5.74, 6) is 0. The maximum Gasteiger partial charge on any atom is 0.490 e. The second-order valence-corrected chi connectivity index (χ2v) is 8.42. The predicted octanol–water partition coefficient (Wildman–Crippen LogP) is 1.16. The van der Waals surface area contributed by atoms with Gasteiger partial charge in [-0.3, -0.25) is 4.52 Å². The van der Waals surface area contributed by atoms with Crippen molar-refractivity contribution >= 4 is 23.5 Å². The SMILES string of the molecule is CCCCOCCOCCOP(=O)(O)OP(=O)(O)OP(=O)(O)O. The molecule has 0 fully saturated rings. The molecule has 23 heavy (non-hydrogen) atoms. The largest absolute Gasteiger partial charge is 0.490 e. The lowest BCUT2D eigenvalue weighted by Crippen LogP contribution is -2.09. The number of unbranched alkanes of at least 4 members (excludes halogenated alkanes) is 1. The fourth-order valence-electron chi connectivity index (χ4n) is 1.08. The number of rotatable bonds is 14. The lowest BCUT2D eigenvalue weighted by molar-refractivity contribution is 0.0314. The summed E-state index contributed by atoms with van der Waals surface area (Å²) < 4.78 is 54.2. The van der Waals surface area contributed by atoms with Gasteiger partial charge in [0.15, 0.2) is 0 Å². The molecule has 0 aromatic rings. The highest BCUT2D eigenvalue weighted by atomic mass is 31.3. The van der Waals surface area contributed by atoms with Crippen molar-refractivity contribution in [2.24, 2.45) is 0 Å². The highest BCUT2D eigenvalue weighted by Gasteiger charge is 2.40. The molecule has 0 saturated heterocycles. The van der Waals surface area contributed by atoms with Crippen molar-refractivity contribution in [2.75, 3.05) is 33.0 Å². The van der Waals surface area contributed by atoms with Crippen LogP contribution in [0.1, 0.15) is 19.8 Å². The van der Waals surface area contributed by atoms with Gasteiger partial charge in [0.05, 0.1) is 26.4 Å². The van der Waals surface area contributed by atoms with Gasteiger partial charge in [-0.25, -0.2) is 13.7 Å². The molecule has 0 heterocycles. The summed E-state index contributed by atoms with van der Waals surface area (Å²) >= 11 is 0. The molecule has 0 saturated carbocycles. The number of hydrogen-bond acceptors (Lipinski definition) is 8. The van der Waals surface area contributed by atoms with Gasteiger partial charge in [-0.2, -0.15) is 8.62 Å². The number of hydrogen-bond donors (Lipinski definition) is 4. The van der Waals surface area contributed by atoms with Crippen LogP contribution in [0.15, 0.2) is 0 Å². The van der Waals surface area contributed by atoms with Gasteiger partial charge in [0.25, 0.3) is 0 Å². The maximum absolute atomic E-state index is 11.3. The fraction of sp³-hybridized carbons (Fsp3) is 1.00. The third-order valence-electron chi connectivity index (χ3n) is 1.91. The normalized spacial score (nSPS) is 17.6. The zero-order valence-electron chi connectivity index (χ0n) is 12.3. The molecule has 0 spiro atoms. The molecule has 0 rings (SSSR count). The third-order valence-corrected chi connectivity index (χ3v) is 5.75. The first-order chi connectivity index (χ1) is 10.5. The Morgan fingerprint density at radius 1 is 0.739 bits per heavy atom. The lowest BCUT2D eigenvalue weighted by atomic mass is 10.4. The van der Waals surface area contributed by atoms with E-state index in [0.29, 0.717) is 13.2 Å². The monoisotopic (exact) mass is 402 g/mol. The molecule has 0 amide bonds. The Morgan fingerprint density at radius 3 is 1.78 bits per heavy atom. The van der Waals surface area contributed by atoms with E-state index in [1.54, 1.807) is 0 Å². The first-order valence-electron chi connectivity index (χ1n) is 6.41. The maximum atomic E-state index is 11.3. The second kappa shape index (κ2) is 11.0. The quantitative estimate of drug-likeness (QED) is 0.241. The van der Waals surface area contributed by atoms with Crippen molar-refractivity contribution < 1.29 is 55.9 Å². The summed E-state index contributed by atoms with van der Waals surface area (Å²) in [7, 11) is -15.9. The van der Waals surface area contributed by atoms with Crippen molar-refractivity contribution in [1.29, 1.82) is 0 Å². The molecule has 2 unspecified atom stereocenters. The Kier molecular flexibility index (Phi) is 11.2.